The van der Waals surface area contributed by atoms with E-state index in [0.29, 0.717) is 42.3 Å². The first-order valence-electron chi connectivity index (χ1n) is 19.1. The fourth-order valence-electron chi connectivity index (χ4n) is 7.01. The van der Waals surface area contributed by atoms with E-state index in [1.807, 2.05) is 44.2 Å². The average Bonchev–Trinajstić information content (AvgIpc) is 3.68. The number of carbonyl (C=O) groups is 2. The lowest BCUT2D eigenvalue weighted by Gasteiger charge is -2.26. The molecule has 0 atom stereocenters. The number of methoxy groups -OCH3 is 1. The molecule has 6 rings (SSSR count). The molecule has 286 valence electrons. The van der Waals surface area contributed by atoms with Crippen LogP contribution in [-0.4, -0.2) is 66.1 Å². The highest BCUT2D eigenvalue weighted by atomic mass is 19.1. The fourth-order valence-corrected chi connectivity index (χ4v) is 7.01. The van der Waals surface area contributed by atoms with Gasteiger partial charge in [-0.1, -0.05) is 43.5 Å². The van der Waals surface area contributed by atoms with Crippen molar-refractivity contribution >= 4 is 29.1 Å². The molecular weight excluding hydrogens is 687 g/mol. The molecule has 0 bridgehead atoms. The van der Waals surface area contributed by atoms with E-state index < -0.39 is 11.7 Å². The van der Waals surface area contributed by atoms with Gasteiger partial charge in [0.25, 0.3) is 5.91 Å². The van der Waals surface area contributed by atoms with Crippen LogP contribution in [0, 0.1) is 19.7 Å². The Morgan fingerprint density at radius 1 is 0.926 bits per heavy atom. The van der Waals surface area contributed by atoms with Gasteiger partial charge in [0.2, 0.25) is 17.7 Å². The molecular formula is C42H51FN6O5. The van der Waals surface area contributed by atoms with Crippen molar-refractivity contribution in [3.63, 3.8) is 0 Å². The summed E-state index contributed by atoms with van der Waals surface area (Å²) in [5, 5.41) is 9.14. The summed E-state index contributed by atoms with van der Waals surface area (Å²) in [5.41, 5.74) is 3.85. The van der Waals surface area contributed by atoms with Gasteiger partial charge in [-0.05, 0) is 106 Å². The highest BCUT2D eigenvalue weighted by Crippen LogP contribution is 2.35. The average molecular weight is 739 g/mol. The van der Waals surface area contributed by atoms with Crippen LogP contribution >= 0.6 is 0 Å². The maximum absolute atomic E-state index is 15.1. The van der Waals surface area contributed by atoms with Gasteiger partial charge in [-0.3, -0.25) is 9.59 Å². The zero-order chi connectivity index (χ0) is 37.9. The summed E-state index contributed by atoms with van der Waals surface area (Å²) < 4.78 is 32.8. The molecule has 54 heavy (non-hydrogen) atoms. The minimum atomic E-state index is -0.514. The molecule has 1 aliphatic carbocycles. The smallest absolute Gasteiger partial charge is 0.262 e. The Bertz CT molecular complexity index is 1890. The van der Waals surface area contributed by atoms with E-state index >= 15 is 4.39 Å². The van der Waals surface area contributed by atoms with Crippen LogP contribution in [0.25, 0.3) is 0 Å². The number of nitrogens with zero attached hydrogens (tertiary/aromatic N) is 3. The van der Waals surface area contributed by atoms with E-state index in [0.717, 1.165) is 68.4 Å². The molecule has 0 radical (unpaired) electrons. The van der Waals surface area contributed by atoms with Crippen LogP contribution in [0.1, 0.15) is 84.8 Å². The molecule has 1 aliphatic heterocycles. The number of anilines is 3. The second-order valence-electron chi connectivity index (χ2n) is 14.1. The first-order chi connectivity index (χ1) is 26.2. The number of piperidine rings is 1. The number of aryl methyl sites for hydroxylation is 3. The van der Waals surface area contributed by atoms with Gasteiger partial charge in [0.15, 0.2) is 23.1 Å². The zero-order valence-electron chi connectivity index (χ0n) is 31.5. The summed E-state index contributed by atoms with van der Waals surface area (Å²) in [4.78, 5) is 37.7. The summed E-state index contributed by atoms with van der Waals surface area (Å²) in [6, 6.07) is 16.0. The number of hydrogen-bond acceptors (Lipinski definition) is 9. The van der Waals surface area contributed by atoms with Crippen molar-refractivity contribution in [3.05, 3.63) is 88.9 Å². The van der Waals surface area contributed by atoms with Crippen molar-refractivity contribution in [3.8, 4) is 23.1 Å². The van der Waals surface area contributed by atoms with Gasteiger partial charge in [0.05, 0.1) is 13.7 Å². The van der Waals surface area contributed by atoms with Crippen LogP contribution in [0.15, 0.2) is 60.8 Å². The molecule has 2 fully saturated rings. The van der Waals surface area contributed by atoms with Crippen molar-refractivity contribution in [2.75, 3.05) is 44.0 Å². The molecule has 12 heteroatoms. The zero-order valence-corrected chi connectivity index (χ0v) is 31.5. The molecule has 3 N–H and O–H groups in total. The first-order valence-corrected chi connectivity index (χ1v) is 19.1. The van der Waals surface area contributed by atoms with Gasteiger partial charge >= 0.3 is 0 Å². The van der Waals surface area contributed by atoms with Gasteiger partial charge in [-0.2, -0.15) is 4.98 Å². The van der Waals surface area contributed by atoms with Crippen LogP contribution in [-0.2, 0) is 11.2 Å². The number of aromatic nitrogens is 2. The summed E-state index contributed by atoms with van der Waals surface area (Å²) in [5.74, 6) is 0.00595. The number of halogens is 1. The highest BCUT2D eigenvalue weighted by Gasteiger charge is 2.22. The van der Waals surface area contributed by atoms with E-state index in [1.54, 1.807) is 18.2 Å². The number of likely N-dealkylation sites (tertiary alicyclic amines) is 1. The Labute approximate surface area is 317 Å². The number of hydrogen-bond donors (Lipinski definition) is 3. The molecule has 2 aliphatic rings. The fraction of sp³-hybridized carbons (Fsp3) is 0.429. The lowest BCUT2D eigenvalue weighted by Crippen LogP contribution is -2.32. The molecule has 1 saturated heterocycles. The number of para-hydroxylation sites is 1. The SMILES string of the molecule is COc1cc(CCC(=O)NC2CCCC2)ccc1Oc1nc(Nc2ccc(OCCCN3CCCCC3)c(F)c2)ncc1C(=O)Nc1c(C)cccc1C. The number of nitrogens with one attached hydrogen (secondary N) is 3. The van der Waals surface area contributed by atoms with Crippen LogP contribution < -0.4 is 30.2 Å². The largest absolute Gasteiger partial charge is 0.493 e. The van der Waals surface area contributed by atoms with E-state index in [9.17, 15) is 9.59 Å². The molecule has 0 spiro atoms. The first kappa shape index (κ1) is 38.5. The third-order valence-electron chi connectivity index (χ3n) is 10.0. The van der Waals surface area contributed by atoms with Crippen molar-refractivity contribution in [1.82, 2.24) is 20.2 Å². The molecule has 1 saturated carbocycles. The predicted octanol–water partition coefficient (Wildman–Crippen LogP) is 8.28. The van der Waals surface area contributed by atoms with Gasteiger partial charge in [-0.15, -0.1) is 0 Å². The Kier molecular flexibility index (Phi) is 13.3. The van der Waals surface area contributed by atoms with Gasteiger partial charge < -0.3 is 35.1 Å². The molecule has 4 aromatic rings. The lowest BCUT2D eigenvalue weighted by atomic mass is 10.1. The van der Waals surface area contributed by atoms with E-state index in [1.165, 1.54) is 38.6 Å². The Hall–Kier alpha value is -5.23. The van der Waals surface area contributed by atoms with Crippen LogP contribution in [0.3, 0.4) is 0 Å². The van der Waals surface area contributed by atoms with Gasteiger partial charge in [0, 0.05) is 42.6 Å². The normalized spacial score (nSPS) is 14.7. The van der Waals surface area contributed by atoms with E-state index in [4.69, 9.17) is 14.2 Å². The Balaban J connectivity index is 1.17. The third kappa shape index (κ3) is 10.5. The quantitative estimate of drug-likeness (QED) is 0.0974. The molecule has 0 unspecified atom stereocenters. The monoisotopic (exact) mass is 738 g/mol. The molecule has 11 nitrogen and oxygen atoms in total. The summed E-state index contributed by atoms with van der Waals surface area (Å²) in [7, 11) is 1.52. The third-order valence-corrected chi connectivity index (χ3v) is 10.0. The highest BCUT2D eigenvalue weighted by molar-refractivity contribution is 6.06. The topological polar surface area (TPSA) is 127 Å². The van der Waals surface area contributed by atoms with Crippen LogP contribution in [0.4, 0.5) is 21.7 Å². The van der Waals surface area contributed by atoms with Crippen molar-refractivity contribution in [1.29, 1.82) is 0 Å². The molecule has 1 aromatic heterocycles. The standard InChI is InChI=1S/C42H51FN6O5/c1-28-11-9-12-29(2)39(28)47-40(51)33-27-44-42(46-32-17-19-35(34(43)26-32)53-24-10-23-49-21-7-4-8-22-49)48-41(33)54-36-18-15-30(25-37(36)52-3)16-20-38(50)45-31-13-5-6-14-31/h9,11-12,15,17-19,25-27,31H,4-8,10,13-14,16,20-24H2,1-3H3,(H,45,50)(H,47,51)(H,44,46,48). The van der Waals surface area contributed by atoms with Gasteiger partial charge in [-0.25, -0.2) is 9.37 Å². The number of benzene rings is 3. The summed E-state index contributed by atoms with van der Waals surface area (Å²) in [6.07, 6.45) is 11.2. The maximum atomic E-state index is 15.1. The second kappa shape index (κ2) is 18.7. The number of carbonyl (C=O) groups excluding carboxylic acids is 2. The van der Waals surface area contributed by atoms with Crippen molar-refractivity contribution in [2.24, 2.45) is 0 Å². The van der Waals surface area contributed by atoms with Gasteiger partial charge in [0.1, 0.15) is 5.56 Å². The molecule has 2 amide bonds. The number of ether oxygens (including phenoxy) is 3. The molecule has 2 heterocycles. The predicted molar refractivity (Wildman–Crippen MR) is 208 cm³/mol. The molecule has 3 aromatic carbocycles. The lowest BCUT2D eigenvalue weighted by molar-refractivity contribution is -0.121. The number of amides is 2. The second-order valence-corrected chi connectivity index (χ2v) is 14.1. The Morgan fingerprint density at radius 3 is 2.43 bits per heavy atom. The van der Waals surface area contributed by atoms with E-state index in [2.05, 4.69) is 30.8 Å². The van der Waals surface area contributed by atoms with Crippen molar-refractivity contribution < 1.29 is 28.2 Å². The summed E-state index contributed by atoms with van der Waals surface area (Å²) >= 11 is 0. The van der Waals surface area contributed by atoms with Crippen LogP contribution in [0.2, 0.25) is 0 Å². The van der Waals surface area contributed by atoms with Crippen molar-refractivity contribution in [2.45, 2.75) is 84.1 Å². The number of rotatable bonds is 16. The van der Waals surface area contributed by atoms with Crippen LogP contribution in [0.5, 0.6) is 23.1 Å². The Morgan fingerprint density at radius 2 is 1.69 bits per heavy atom. The minimum absolute atomic E-state index is 0.0343. The van der Waals surface area contributed by atoms with E-state index in [-0.39, 0.29) is 35.1 Å². The maximum Gasteiger partial charge on any atom is 0.262 e. The summed E-state index contributed by atoms with van der Waals surface area (Å²) in [6.45, 7) is 7.43. The minimum Gasteiger partial charge on any atom is -0.493 e.